The summed E-state index contributed by atoms with van der Waals surface area (Å²) in [5.41, 5.74) is 1.64. The van der Waals surface area contributed by atoms with Crippen LogP contribution < -0.4 is 10.2 Å². The third-order valence-corrected chi connectivity index (χ3v) is 3.67. The van der Waals surface area contributed by atoms with Gasteiger partial charge in [-0.3, -0.25) is 4.90 Å². The molecule has 0 unspecified atom stereocenters. The number of benzene rings is 1. The summed E-state index contributed by atoms with van der Waals surface area (Å²) in [6, 6.07) is 8.20. The van der Waals surface area contributed by atoms with Gasteiger partial charge in [0.2, 0.25) is 0 Å². The van der Waals surface area contributed by atoms with Crippen molar-refractivity contribution < 1.29 is 22.7 Å². The number of carbonyl (C=O) groups excluding carboxylic acids is 1. The van der Waals surface area contributed by atoms with Crippen LogP contribution in [0, 0.1) is 6.92 Å². The third-order valence-electron chi connectivity index (χ3n) is 3.67. The molecule has 0 aliphatic rings. The number of hydrogen-bond acceptors (Lipinski definition) is 6. The van der Waals surface area contributed by atoms with E-state index < -0.39 is 18.1 Å². The van der Waals surface area contributed by atoms with Gasteiger partial charge in [-0.1, -0.05) is 0 Å². The Bertz CT molecular complexity index is 984. The number of nitrogens with one attached hydrogen (secondary N) is 1. The minimum Gasteiger partial charge on any atom is -0.452 e. The molecule has 1 N–H and O–H groups in total. The Hall–Kier alpha value is -3.37. The Morgan fingerprint density at radius 3 is 2.48 bits per heavy atom. The lowest BCUT2D eigenvalue weighted by molar-refractivity contribution is -0.144. The number of amides is 1. The Morgan fingerprint density at radius 2 is 1.89 bits per heavy atom. The van der Waals surface area contributed by atoms with E-state index in [4.69, 9.17) is 0 Å². The summed E-state index contributed by atoms with van der Waals surface area (Å²) >= 11 is 0. The fourth-order valence-corrected chi connectivity index (χ4v) is 2.35. The first-order valence-corrected chi connectivity index (χ1v) is 7.69. The highest BCUT2D eigenvalue weighted by atomic mass is 19.4. The van der Waals surface area contributed by atoms with Crippen LogP contribution >= 0.6 is 0 Å². The summed E-state index contributed by atoms with van der Waals surface area (Å²) in [7, 11) is 2.83. The molecule has 0 spiro atoms. The van der Waals surface area contributed by atoms with Crippen molar-refractivity contribution in [3.05, 3.63) is 41.9 Å². The highest BCUT2D eigenvalue weighted by Crippen LogP contribution is 2.28. The van der Waals surface area contributed by atoms with Crippen LogP contribution in [-0.4, -0.2) is 39.8 Å². The normalized spacial score (nSPS) is 11.5. The SMILES string of the molecule is COC(=O)N(C)c1ccc(Nc2cc(C)nc3nc(C(F)(F)F)nn23)cc1. The van der Waals surface area contributed by atoms with Crippen LogP contribution in [0.5, 0.6) is 0 Å². The first-order chi connectivity index (χ1) is 12.7. The molecule has 3 aromatic rings. The third kappa shape index (κ3) is 3.76. The van der Waals surface area contributed by atoms with Crippen molar-refractivity contribution in [2.24, 2.45) is 0 Å². The predicted molar refractivity (Wildman–Crippen MR) is 91.1 cm³/mol. The summed E-state index contributed by atoms with van der Waals surface area (Å²) < 4.78 is 44.2. The Labute approximate surface area is 151 Å². The first-order valence-electron chi connectivity index (χ1n) is 7.69. The fraction of sp³-hybridized carbons (Fsp3) is 0.250. The molecular formula is C16H15F3N6O2. The zero-order valence-electron chi connectivity index (χ0n) is 14.6. The highest BCUT2D eigenvalue weighted by molar-refractivity contribution is 5.87. The minimum absolute atomic E-state index is 0.160. The number of alkyl halides is 3. The van der Waals surface area contributed by atoms with Crippen LogP contribution in [0.4, 0.5) is 35.2 Å². The number of ether oxygens (including phenoxy) is 1. The molecule has 0 bridgehead atoms. The lowest BCUT2D eigenvalue weighted by Gasteiger charge is -2.16. The molecule has 0 atom stereocenters. The van der Waals surface area contributed by atoms with Crippen molar-refractivity contribution in [3.63, 3.8) is 0 Å². The molecule has 27 heavy (non-hydrogen) atoms. The molecule has 8 nitrogen and oxygen atoms in total. The van der Waals surface area contributed by atoms with Crippen molar-refractivity contribution in [2.45, 2.75) is 13.1 Å². The maximum absolute atomic E-state index is 12.9. The molecule has 0 aliphatic carbocycles. The predicted octanol–water partition coefficient (Wildman–Crippen LogP) is 3.40. The standard InChI is InChI=1S/C16H15F3N6O2/c1-9-8-12(25-14(20-9)22-13(23-25)16(17,18)19)21-10-4-6-11(7-5-10)24(2)15(26)27-3/h4-8,21H,1-3H3. The summed E-state index contributed by atoms with van der Waals surface area (Å²) in [6.07, 6.45) is -5.19. The van der Waals surface area contributed by atoms with E-state index in [1.54, 1.807) is 44.3 Å². The van der Waals surface area contributed by atoms with Crippen LogP contribution in [0.25, 0.3) is 5.78 Å². The number of fused-ring (bicyclic) bond motifs is 1. The number of hydrogen-bond donors (Lipinski definition) is 1. The van der Waals surface area contributed by atoms with Crippen LogP contribution in [-0.2, 0) is 10.9 Å². The van der Waals surface area contributed by atoms with Gasteiger partial charge in [0.25, 0.3) is 11.6 Å². The van der Waals surface area contributed by atoms with E-state index in [0.717, 1.165) is 4.52 Å². The number of aryl methyl sites for hydroxylation is 1. The topological polar surface area (TPSA) is 84.6 Å². The molecule has 142 valence electrons. The largest absolute Gasteiger partial charge is 0.453 e. The summed E-state index contributed by atoms with van der Waals surface area (Å²) in [6.45, 7) is 1.64. The second-order valence-corrected chi connectivity index (χ2v) is 5.63. The number of rotatable bonds is 3. The molecule has 1 amide bonds. The number of nitrogens with zero attached hydrogens (tertiary/aromatic N) is 5. The van der Waals surface area contributed by atoms with E-state index in [2.05, 4.69) is 25.1 Å². The van der Waals surface area contributed by atoms with E-state index in [9.17, 15) is 18.0 Å². The average Bonchev–Trinajstić information content (AvgIpc) is 3.05. The van der Waals surface area contributed by atoms with E-state index in [0.29, 0.717) is 17.1 Å². The second kappa shape index (κ2) is 6.74. The minimum atomic E-state index is -4.67. The van der Waals surface area contributed by atoms with Gasteiger partial charge in [0, 0.05) is 30.2 Å². The van der Waals surface area contributed by atoms with Gasteiger partial charge < -0.3 is 10.1 Å². The van der Waals surface area contributed by atoms with E-state index in [1.165, 1.54) is 12.0 Å². The number of carbonyl (C=O) groups is 1. The molecule has 11 heteroatoms. The summed E-state index contributed by atoms with van der Waals surface area (Å²) in [5, 5.41) is 6.47. The summed E-state index contributed by atoms with van der Waals surface area (Å²) in [5.74, 6) is -1.15. The van der Waals surface area contributed by atoms with E-state index in [-0.39, 0.29) is 11.6 Å². The van der Waals surface area contributed by atoms with Crippen molar-refractivity contribution in [1.82, 2.24) is 19.6 Å². The smallest absolute Gasteiger partial charge is 0.452 e. The molecule has 0 fully saturated rings. The summed E-state index contributed by atoms with van der Waals surface area (Å²) in [4.78, 5) is 20.2. The van der Waals surface area contributed by atoms with Crippen molar-refractivity contribution >= 4 is 29.1 Å². The van der Waals surface area contributed by atoms with E-state index >= 15 is 0 Å². The molecular weight excluding hydrogens is 365 g/mol. The van der Waals surface area contributed by atoms with Crippen LogP contribution in [0.2, 0.25) is 0 Å². The molecule has 0 aliphatic heterocycles. The lowest BCUT2D eigenvalue weighted by atomic mass is 10.2. The number of halogens is 3. The van der Waals surface area contributed by atoms with Crippen molar-refractivity contribution in [1.29, 1.82) is 0 Å². The van der Waals surface area contributed by atoms with Gasteiger partial charge in [-0.2, -0.15) is 22.7 Å². The molecule has 3 rings (SSSR count). The van der Waals surface area contributed by atoms with Gasteiger partial charge in [-0.05, 0) is 31.2 Å². The Morgan fingerprint density at radius 1 is 1.22 bits per heavy atom. The van der Waals surface area contributed by atoms with Crippen molar-refractivity contribution in [3.8, 4) is 0 Å². The molecule has 0 saturated heterocycles. The van der Waals surface area contributed by atoms with Crippen LogP contribution in [0.1, 0.15) is 11.5 Å². The average molecular weight is 380 g/mol. The van der Waals surface area contributed by atoms with Crippen molar-refractivity contribution in [2.75, 3.05) is 24.4 Å². The number of aromatic nitrogens is 4. The zero-order valence-corrected chi connectivity index (χ0v) is 14.6. The number of methoxy groups -OCH3 is 1. The monoisotopic (exact) mass is 380 g/mol. The molecule has 2 heterocycles. The van der Waals surface area contributed by atoms with Gasteiger partial charge in [0.1, 0.15) is 5.82 Å². The number of anilines is 3. The second-order valence-electron chi connectivity index (χ2n) is 5.63. The molecule has 1 aromatic carbocycles. The first kappa shape index (κ1) is 18.4. The van der Waals surface area contributed by atoms with Crippen LogP contribution in [0.3, 0.4) is 0 Å². The quantitative estimate of drug-likeness (QED) is 0.750. The van der Waals surface area contributed by atoms with Gasteiger partial charge in [0.15, 0.2) is 0 Å². The molecule has 0 radical (unpaired) electrons. The maximum Gasteiger partial charge on any atom is 0.453 e. The Balaban J connectivity index is 1.92. The zero-order chi connectivity index (χ0) is 19.8. The van der Waals surface area contributed by atoms with Gasteiger partial charge in [-0.15, -0.1) is 5.10 Å². The van der Waals surface area contributed by atoms with Crippen LogP contribution in [0.15, 0.2) is 30.3 Å². The fourth-order valence-electron chi connectivity index (χ4n) is 2.35. The highest BCUT2D eigenvalue weighted by Gasteiger charge is 2.36. The Kier molecular flexibility index (Phi) is 4.60. The molecule has 2 aromatic heterocycles. The molecule has 0 saturated carbocycles. The lowest BCUT2D eigenvalue weighted by Crippen LogP contribution is -2.25. The van der Waals surface area contributed by atoms with Gasteiger partial charge in [0.05, 0.1) is 7.11 Å². The van der Waals surface area contributed by atoms with Gasteiger partial charge in [-0.25, -0.2) is 9.78 Å². The van der Waals surface area contributed by atoms with Gasteiger partial charge >= 0.3 is 12.3 Å². The maximum atomic E-state index is 12.9. The van der Waals surface area contributed by atoms with E-state index in [1.807, 2.05) is 0 Å².